The molecule has 4 aromatic rings. The van der Waals surface area contributed by atoms with Gasteiger partial charge in [-0.05, 0) is 61.5 Å². The van der Waals surface area contributed by atoms with Gasteiger partial charge in [0.05, 0.1) is 17.8 Å². The van der Waals surface area contributed by atoms with Gasteiger partial charge in [-0.1, -0.05) is 18.2 Å². The van der Waals surface area contributed by atoms with E-state index in [1.807, 2.05) is 54.6 Å². The Hall–Kier alpha value is -3.93. The van der Waals surface area contributed by atoms with Crippen molar-refractivity contribution in [1.29, 1.82) is 0 Å². The number of pyridine rings is 1. The summed E-state index contributed by atoms with van der Waals surface area (Å²) in [5.41, 5.74) is 3.94. The first kappa shape index (κ1) is 19.4. The molecule has 0 aliphatic rings. The minimum Gasteiger partial charge on any atom is -0.462 e. The summed E-state index contributed by atoms with van der Waals surface area (Å²) < 4.78 is 19.1. The van der Waals surface area contributed by atoms with Crippen LogP contribution in [0, 0.1) is 5.82 Å². The zero-order valence-electron chi connectivity index (χ0n) is 16.4. The van der Waals surface area contributed by atoms with Crippen LogP contribution in [-0.4, -0.2) is 17.6 Å². The Balaban J connectivity index is 1.67. The van der Waals surface area contributed by atoms with Gasteiger partial charge in [-0.3, -0.25) is 4.98 Å². The standard InChI is InChI=1S/C24H20FN3O2/c1-2-30-24(29)21-15-26-22-13-8-16(25)14-20(22)23(21)28-19-11-9-18(10-12-19)27-17-6-4-3-5-7-17/h3-15,27H,2H2,1H3,(H,26,28). The van der Waals surface area contributed by atoms with Crippen LogP contribution in [0.1, 0.15) is 17.3 Å². The van der Waals surface area contributed by atoms with Crippen LogP contribution in [0.2, 0.25) is 0 Å². The fourth-order valence-electron chi connectivity index (χ4n) is 3.13. The minimum atomic E-state index is -0.513. The number of benzene rings is 3. The van der Waals surface area contributed by atoms with Crippen molar-refractivity contribution < 1.29 is 13.9 Å². The first-order chi connectivity index (χ1) is 14.6. The maximum Gasteiger partial charge on any atom is 0.341 e. The van der Waals surface area contributed by atoms with E-state index >= 15 is 0 Å². The molecule has 0 fully saturated rings. The van der Waals surface area contributed by atoms with Gasteiger partial charge in [-0.25, -0.2) is 9.18 Å². The van der Waals surface area contributed by atoms with Crippen molar-refractivity contribution in [3.63, 3.8) is 0 Å². The SMILES string of the molecule is CCOC(=O)c1cnc2ccc(F)cc2c1Nc1ccc(Nc2ccccc2)cc1. The maximum absolute atomic E-state index is 13.9. The van der Waals surface area contributed by atoms with E-state index in [0.29, 0.717) is 16.6 Å². The highest BCUT2D eigenvalue weighted by molar-refractivity contribution is 6.06. The normalized spacial score (nSPS) is 10.6. The monoisotopic (exact) mass is 401 g/mol. The average Bonchev–Trinajstić information content (AvgIpc) is 2.76. The van der Waals surface area contributed by atoms with Crippen LogP contribution in [0.3, 0.4) is 0 Å². The van der Waals surface area contributed by atoms with Crippen molar-refractivity contribution >= 4 is 39.6 Å². The summed E-state index contributed by atoms with van der Waals surface area (Å²) in [7, 11) is 0. The van der Waals surface area contributed by atoms with Crippen molar-refractivity contribution in [2.45, 2.75) is 6.92 Å². The lowest BCUT2D eigenvalue weighted by Gasteiger charge is -2.15. The predicted molar refractivity (Wildman–Crippen MR) is 117 cm³/mol. The molecule has 0 aliphatic heterocycles. The number of para-hydroxylation sites is 1. The number of ether oxygens (including phenoxy) is 1. The summed E-state index contributed by atoms with van der Waals surface area (Å²) in [6, 6.07) is 21.7. The van der Waals surface area contributed by atoms with Crippen molar-refractivity contribution in [3.8, 4) is 0 Å². The Morgan fingerprint density at radius 2 is 1.60 bits per heavy atom. The molecular formula is C24H20FN3O2. The molecule has 0 radical (unpaired) electrons. The molecule has 0 bridgehead atoms. The van der Waals surface area contributed by atoms with Gasteiger partial charge in [0.1, 0.15) is 11.4 Å². The summed E-state index contributed by atoms with van der Waals surface area (Å²) in [6.45, 7) is 1.97. The molecule has 30 heavy (non-hydrogen) atoms. The van der Waals surface area contributed by atoms with Crippen molar-refractivity contribution in [2.24, 2.45) is 0 Å². The molecule has 0 amide bonds. The fraction of sp³-hybridized carbons (Fsp3) is 0.0833. The van der Waals surface area contributed by atoms with Gasteiger partial charge in [-0.15, -0.1) is 0 Å². The zero-order valence-corrected chi connectivity index (χ0v) is 16.4. The maximum atomic E-state index is 13.9. The van der Waals surface area contributed by atoms with E-state index < -0.39 is 11.8 Å². The largest absolute Gasteiger partial charge is 0.462 e. The molecule has 6 heteroatoms. The molecule has 0 spiro atoms. The number of carbonyl (C=O) groups is 1. The predicted octanol–water partition coefficient (Wildman–Crippen LogP) is 6.04. The molecule has 0 saturated carbocycles. The Morgan fingerprint density at radius 1 is 0.933 bits per heavy atom. The number of nitrogens with one attached hydrogen (secondary N) is 2. The lowest BCUT2D eigenvalue weighted by Crippen LogP contribution is -2.09. The topological polar surface area (TPSA) is 63.2 Å². The van der Waals surface area contributed by atoms with Crippen molar-refractivity contribution in [1.82, 2.24) is 4.98 Å². The van der Waals surface area contributed by atoms with E-state index in [4.69, 9.17) is 4.74 Å². The van der Waals surface area contributed by atoms with E-state index in [2.05, 4.69) is 15.6 Å². The molecule has 5 nitrogen and oxygen atoms in total. The first-order valence-corrected chi connectivity index (χ1v) is 9.58. The van der Waals surface area contributed by atoms with Crippen LogP contribution >= 0.6 is 0 Å². The van der Waals surface area contributed by atoms with E-state index in [-0.39, 0.29) is 12.2 Å². The molecule has 1 heterocycles. The number of hydrogen-bond acceptors (Lipinski definition) is 5. The molecule has 3 aromatic carbocycles. The quantitative estimate of drug-likeness (QED) is 0.386. The number of hydrogen-bond donors (Lipinski definition) is 2. The fourth-order valence-corrected chi connectivity index (χ4v) is 3.13. The molecule has 0 unspecified atom stereocenters. The number of anilines is 4. The second kappa shape index (κ2) is 8.61. The van der Waals surface area contributed by atoms with E-state index in [0.717, 1.165) is 17.1 Å². The lowest BCUT2D eigenvalue weighted by molar-refractivity contribution is 0.0527. The van der Waals surface area contributed by atoms with Gasteiger partial charge in [-0.2, -0.15) is 0 Å². The van der Waals surface area contributed by atoms with E-state index in [1.54, 1.807) is 13.0 Å². The van der Waals surface area contributed by atoms with Crippen molar-refractivity contribution in [2.75, 3.05) is 17.2 Å². The molecule has 1 aromatic heterocycles. The Kier molecular flexibility index (Phi) is 5.57. The zero-order chi connectivity index (χ0) is 20.9. The molecule has 150 valence electrons. The summed E-state index contributed by atoms with van der Waals surface area (Å²) in [6.07, 6.45) is 1.45. The number of halogens is 1. The lowest BCUT2D eigenvalue weighted by atomic mass is 10.1. The summed E-state index contributed by atoms with van der Waals surface area (Å²) in [5.74, 6) is -0.920. The third-order valence-electron chi connectivity index (χ3n) is 4.54. The molecule has 0 saturated heterocycles. The molecule has 2 N–H and O–H groups in total. The smallest absolute Gasteiger partial charge is 0.341 e. The Labute approximate surface area is 173 Å². The summed E-state index contributed by atoms with van der Waals surface area (Å²) >= 11 is 0. The van der Waals surface area contributed by atoms with Crippen LogP contribution in [0.4, 0.5) is 27.1 Å². The number of aromatic nitrogens is 1. The first-order valence-electron chi connectivity index (χ1n) is 9.58. The second-order valence-corrected chi connectivity index (χ2v) is 6.62. The molecular weight excluding hydrogens is 381 g/mol. The van der Waals surface area contributed by atoms with Gasteiger partial charge in [0, 0.05) is 28.6 Å². The van der Waals surface area contributed by atoms with Gasteiger partial charge in [0.25, 0.3) is 0 Å². The molecule has 4 rings (SSSR count). The summed E-state index contributed by atoms with van der Waals surface area (Å²) in [5, 5.41) is 7.06. The van der Waals surface area contributed by atoms with Crippen LogP contribution in [0.25, 0.3) is 10.9 Å². The highest BCUT2D eigenvalue weighted by Gasteiger charge is 2.17. The minimum absolute atomic E-state index is 0.235. The van der Waals surface area contributed by atoms with Crippen LogP contribution in [0.5, 0.6) is 0 Å². The molecule has 0 aliphatic carbocycles. The Bertz CT molecular complexity index is 1180. The highest BCUT2D eigenvalue weighted by Crippen LogP contribution is 2.31. The number of carbonyl (C=O) groups excluding carboxylic acids is 1. The number of esters is 1. The average molecular weight is 401 g/mol. The van der Waals surface area contributed by atoms with Crippen LogP contribution < -0.4 is 10.6 Å². The second-order valence-electron chi connectivity index (χ2n) is 6.62. The number of nitrogens with zero attached hydrogens (tertiary/aromatic N) is 1. The van der Waals surface area contributed by atoms with Crippen molar-refractivity contribution in [3.05, 3.63) is 90.4 Å². The van der Waals surface area contributed by atoms with Gasteiger partial charge in [0.2, 0.25) is 0 Å². The van der Waals surface area contributed by atoms with E-state index in [1.165, 1.54) is 18.3 Å². The Morgan fingerprint density at radius 3 is 2.30 bits per heavy atom. The number of rotatable bonds is 6. The number of fused-ring (bicyclic) bond motifs is 1. The van der Waals surface area contributed by atoms with Crippen LogP contribution in [-0.2, 0) is 4.74 Å². The molecule has 0 atom stereocenters. The van der Waals surface area contributed by atoms with Crippen LogP contribution in [0.15, 0.2) is 79.0 Å². The van der Waals surface area contributed by atoms with E-state index in [9.17, 15) is 9.18 Å². The third kappa shape index (κ3) is 4.22. The van der Waals surface area contributed by atoms with Gasteiger partial charge in [0.15, 0.2) is 0 Å². The highest BCUT2D eigenvalue weighted by atomic mass is 19.1. The summed E-state index contributed by atoms with van der Waals surface area (Å²) in [4.78, 5) is 16.7. The van der Waals surface area contributed by atoms with Gasteiger partial charge >= 0.3 is 5.97 Å². The van der Waals surface area contributed by atoms with Gasteiger partial charge < -0.3 is 15.4 Å². The third-order valence-corrected chi connectivity index (χ3v) is 4.54.